The van der Waals surface area contributed by atoms with Gasteiger partial charge in [-0.05, 0) is 55.5 Å². The van der Waals surface area contributed by atoms with Crippen molar-refractivity contribution in [1.82, 2.24) is 0 Å². The van der Waals surface area contributed by atoms with Crippen LogP contribution in [-0.2, 0) is 4.79 Å². The highest BCUT2D eigenvalue weighted by Crippen LogP contribution is 2.19. The molecule has 0 aliphatic carbocycles. The molecule has 3 rings (SSSR count). The Bertz CT molecular complexity index is 992. The van der Waals surface area contributed by atoms with Gasteiger partial charge in [-0.15, -0.1) is 0 Å². The fourth-order valence-corrected chi connectivity index (χ4v) is 3.11. The number of halogens is 1. The van der Waals surface area contributed by atoms with Crippen molar-refractivity contribution in [3.63, 3.8) is 0 Å². The van der Waals surface area contributed by atoms with Gasteiger partial charge in [-0.25, -0.2) is 0 Å². The number of nitrogens with one attached hydrogen (secondary N) is 2. The van der Waals surface area contributed by atoms with Gasteiger partial charge in [-0.2, -0.15) is 0 Å². The Morgan fingerprint density at radius 3 is 2.34 bits per heavy atom. The summed E-state index contributed by atoms with van der Waals surface area (Å²) in [6.07, 6.45) is 0. The van der Waals surface area contributed by atoms with E-state index in [0.717, 1.165) is 11.4 Å². The van der Waals surface area contributed by atoms with Crippen molar-refractivity contribution in [3.8, 4) is 0 Å². The monoisotopic (exact) mass is 407 g/mol. The first-order valence-corrected chi connectivity index (χ1v) is 9.71. The minimum absolute atomic E-state index is 0.0869. The topological polar surface area (TPSA) is 61.4 Å². The van der Waals surface area contributed by atoms with E-state index in [2.05, 4.69) is 10.6 Å². The number of carbonyl (C=O) groups excluding carboxylic acids is 2. The minimum Gasteiger partial charge on any atom is -0.376 e. The lowest BCUT2D eigenvalue weighted by Crippen LogP contribution is -2.30. The number of rotatable bonds is 7. The number of para-hydroxylation sites is 1. The number of hydrogen-bond acceptors (Lipinski definition) is 3. The molecule has 0 radical (unpaired) electrons. The highest BCUT2D eigenvalue weighted by atomic mass is 35.5. The summed E-state index contributed by atoms with van der Waals surface area (Å²) in [7, 11) is 0. The van der Waals surface area contributed by atoms with Crippen molar-refractivity contribution in [2.75, 3.05) is 28.6 Å². The Morgan fingerprint density at radius 1 is 0.897 bits per heavy atom. The van der Waals surface area contributed by atoms with Crippen LogP contribution >= 0.6 is 11.6 Å². The van der Waals surface area contributed by atoms with Crippen LogP contribution in [-0.4, -0.2) is 24.9 Å². The molecule has 29 heavy (non-hydrogen) atoms. The first kappa shape index (κ1) is 20.4. The van der Waals surface area contributed by atoms with E-state index in [-0.39, 0.29) is 18.4 Å². The van der Waals surface area contributed by atoms with Crippen LogP contribution in [0.1, 0.15) is 17.3 Å². The number of carbonyl (C=O) groups is 2. The van der Waals surface area contributed by atoms with Crippen LogP contribution in [0.25, 0.3) is 0 Å². The van der Waals surface area contributed by atoms with Crippen molar-refractivity contribution in [2.24, 2.45) is 0 Å². The molecule has 5 nitrogen and oxygen atoms in total. The summed E-state index contributed by atoms with van der Waals surface area (Å²) in [5, 5.41) is 6.43. The van der Waals surface area contributed by atoms with Crippen LogP contribution in [0.5, 0.6) is 0 Å². The smallest absolute Gasteiger partial charge is 0.258 e. The summed E-state index contributed by atoms with van der Waals surface area (Å²) < 4.78 is 0. The highest BCUT2D eigenvalue weighted by molar-refractivity contribution is 6.30. The summed E-state index contributed by atoms with van der Waals surface area (Å²) in [5.41, 5.74) is 2.67. The van der Waals surface area contributed by atoms with E-state index in [9.17, 15) is 9.59 Å². The van der Waals surface area contributed by atoms with Gasteiger partial charge in [0.1, 0.15) is 0 Å². The molecular weight excluding hydrogens is 386 g/mol. The van der Waals surface area contributed by atoms with Gasteiger partial charge in [0.15, 0.2) is 0 Å². The largest absolute Gasteiger partial charge is 0.376 e. The van der Waals surface area contributed by atoms with Crippen LogP contribution in [0.15, 0.2) is 78.9 Å². The van der Waals surface area contributed by atoms with Gasteiger partial charge in [0.05, 0.1) is 6.54 Å². The SMILES string of the molecule is CCN(C(=O)c1cccc(NC(=O)CNc2cccc(Cl)c2)c1)c1ccccc1. The second kappa shape index (κ2) is 9.75. The molecule has 2 amide bonds. The van der Waals surface area contributed by atoms with E-state index in [1.807, 2.05) is 49.4 Å². The predicted octanol–water partition coefficient (Wildman–Crippen LogP) is 5.06. The van der Waals surface area contributed by atoms with Crippen molar-refractivity contribution in [1.29, 1.82) is 0 Å². The van der Waals surface area contributed by atoms with Crippen molar-refractivity contribution in [3.05, 3.63) is 89.4 Å². The zero-order valence-electron chi connectivity index (χ0n) is 16.1. The molecular formula is C23H22ClN3O2. The fourth-order valence-electron chi connectivity index (χ4n) is 2.92. The Kier molecular flexibility index (Phi) is 6.87. The molecule has 0 saturated heterocycles. The Balaban J connectivity index is 1.65. The van der Waals surface area contributed by atoms with Gasteiger partial charge >= 0.3 is 0 Å². The zero-order chi connectivity index (χ0) is 20.6. The van der Waals surface area contributed by atoms with Gasteiger partial charge in [0.25, 0.3) is 5.91 Å². The van der Waals surface area contributed by atoms with Gasteiger partial charge in [0, 0.05) is 34.2 Å². The zero-order valence-corrected chi connectivity index (χ0v) is 16.8. The molecule has 0 fully saturated rings. The van der Waals surface area contributed by atoms with E-state index in [4.69, 9.17) is 11.6 Å². The predicted molar refractivity (Wildman–Crippen MR) is 119 cm³/mol. The average molecular weight is 408 g/mol. The average Bonchev–Trinajstić information content (AvgIpc) is 2.74. The van der Waals surface area contributed by atoms with E-state index in [1.54, 1.807) is 41.3 Å². The maximum Gasteiger partial charge on any atom is 0.258 e. The first-order chi connectivity index (χ1) is 14.1. The third kappa shape index (κ3) is 5.59. The second-order valence-corrected chi connectivity index (χ2v) is 6.81. The van der Waals surface area contributed by atoms with Gasteiger partial charge in [0.2, 0.25) is 5.91 Å². The maximum atomic E-state index is 12.9. The Morgan fingerprint density at radius 2 is 1.62 bits per heavy atom. The quantitative estimate of drug-likeness (QED) is 0.575. The van der Waals surface area contributed by atoms with Crippen LogP contribution in [0.4, 0.5) is 17.1 Å². The number of nitrogens with zero attached hydrogens (tertiary/aromatic N) is 1. The van der Waals surface area contributed by atoms with Crippen LogP contribution < -0.4 is 15.5 Å². The summed E-state index contributed by atoms with van der Waals surface area (Å²) in [4.78, 5) is 26.9. The van der Waals surface area contributed by atoms with Gasteiger partial charge < -0.3 is 15.5 Å². The third-order valence-corrected chi connectivity index (χ3v) is 4.54. The van der Waals surface area contributed by atoms with Crippen molar-refractivity contribution >= 4 is 40.5 Å². The molecule has 0 unspecified atom stereocenters. The lowest BCUT2D eigenvalue weighted by Gasteiger charge is -2.21. The minimum atomic E-state index is -0.218. The molecule has 0 atom stereocenters. The summed E-state index contributed by atoms with van der Waals surface area (Å²) in [5.74, 6) is -0.336. The highest BCUT2D eigenvalue weighted by Gasteiger charge is 2.16. The van der Waals surface area contributed by atoms with E-state index < -0.39 is 0 Å². The molecule has 0 bridgehead atoms. The maximum absolute atomic E-state index is 12.9. The van der Waals surface area contributed by atoms with Gasteiger partial charge in [-0.1, -0.05) is 41.9 Å². The number of benzene rings is 3. The lowest BCUT2D eigenvalue weighted by molar-refractivity contribution is -0.114. The molecule has 2 N–H and O–H groups in total. The normalized spacial score (nSPS) is 10.3. The van der Waals surface area contributed by atoms with E-state index >= 15 is 0 Å². The Hall–Kier alpha value is -3.31. The van der Waals surface area contributed by atoms with Crippen molar-refractivity contribution < 1.29 is 9.59 Å². The first-order valence-electron chi connectivity index (χ1n) is 9.33. The molecule has 3 aromatic rings. The van der Waals surface area contributed by atoms with Crippen LogP contribution in [0.3, 0.4) is 0 Å². The van der Waals surface area contributed by atoms with Crippen LogP contribution in [0, 0.1) is 0 Å². The molecule has 0 aromatic heterocycles. The molecule has 0 heterocycles. The molecule has 0 spiro atoms. The standard InChI is InChI=1S/C23H22ClN3O2/c1-2-27(21-12-4-3-5-13-21)23(29)17-8-6-11-20(14-17)26-22(28)16-25-19-10-7-9-18(24)15-19/h3-15,25H,2,16H2,1H3,(H,26,28). The fraction of sp³-hybridized carbons (Fsp3) is 0.130. The molecule has 0 aliphatic heterocycles. The molecule has 6 heteroatoms. The summed E-state index contributed by atoms with van der Waals surface area (Å²) in [6, 6.07) is 23.6. The van der Waals surface area contributed by atoms with Crippen molar-refractivity contribution in [2.45, 2.75) is 6.92 Å². The molecule has 3 aromatic carbocycles. The van der Waals surface area contributed by atoms with Gasteiger partial charge in [-0.3, -0.25) is 9.59 Å². The summed E-state index contributed by atoms with van der Waals surface area (Å²) >= 11 is 5.94. The van der Waals surface area contributed by atoms with E-state index in [1.165, 1.54) is 0 Å². The number of anilines is 3. The number of hydrogen-bond donors (Lipinski definition) is 2. The molecule has 148 valence electrons. The van der Waals surface area contributed by atoms with Crippen LogP contribution in [0.2, 0.25) is 5.02 Å². The summed E-state index contributed by atoms with van der Waals surface area (Å²) in [6.45, 7) is 2.56. The van der Waals surface area contributed by atoms with E-state index in [0.29, 0.717) is 22.8 Å². The lowest BCUT2D eigenvalue weighted by atomic mass is 10.1. The third-order valence-electron chi connectivity index (χ3n) is 4.30. The molecule has 0 saturated carbocycles. The Labute approximate surface area is 175 Å². The second-order valence-electron chi connectivity index (χ2n) is 6.38. The number of amides is 2. The molecule has 0 aliphatic rings.